The topological polar surface area (TPSA) is 113 Å². The van der Waals surface area contributed by atoms with Gasteiger partial charge in [-0.25, -0.2) is 0 Å². The predicted molar refractivity (Wildman–Crippen MR) is 100 cm³/mol. The minimum absolute atomic E-state index is 0.116. The van der Waals surface area contributed by atoms with Crippen LogP contribution >= 0.6 is 0 Å². The Morgan fingerprint density at radius 3 is 2.54 bits per heavy atom. The Morgan fingerprint density at radius 1 is 1.11 bits per heavy atom. The number of nitrogens with one attached hydrogen (secondary N) is 1. The maximum absolute atomic E-state index is 12.9. The van der Waals surface area contributed by atoms with Crippen molar-refractivity contribution >= 4 is 23.6 Å². The van der Waals surface area contributed by atoms with Gasteiger partial charge in [0.25, 0.3) is 11.8 Å². The summed E-state index contributed by atoms with van der Waals surface area (Å²) < 4.78 is 0. The molecule has 0 saturated carbocycles. The van der Waals surface area contributed by atoms with E-state index >= 15 is 0 Å². The smallest absolute Gasteiger partial charge is 0.262 e. The molecule has 4 amide bonds. The summed E-state index contributed by atoms with van der Waals surface area (Å²) in [5.74, 6) is -0.906. The molecule has 1 aromatic carbocycles. The van der Waals surface area contributed by atoms with Crippen LogP contribution in [0.4, 0.5) is 0 Å². The molecule has 4 rings (SSSR count). The summed E-state index contributed by atoms with van der Waals surface area (Å²) in [6.07, 6.45) is 0.277. The maximum Gasteiger partial charge on any atom is 0.262 e. The van der Waals surface area contributed by atoms with Gasteiger partial charge in [-0.05, 0) is 42.5 Å². The molecule has 3 heterocycles. The molecule has 3 aliphatic rings. The van der Waals surface area contributed by atoms with Crippen LogP contribution in [0.5, 0.6) is 0 Å². The molecule has 0 spiro atoms. The number of likely N-dealkylation sites (tertiary alicyclic amines) is 1. The first-order valence-corrected chi connectivity index (χ1v) is 9.66. The molecule has 1 unspecified atom stereocenters. The van der Waals surface area contributed by atoms with Crippen LogP contribution in [0.2, 0.25) is 0 Å². The number of hydrogen-bond donors (Lipinski definition) is 2. The van der Waals surface area contributed by atoms with Gasteiger partial charge >= 0.3 is 0 Å². The highest BCUT2D eigenvalue weighted by Gasteiger charge is 2.44. The van der Waals surface area contributed by atoms with Crippen molar-refractivity contribution in [3.05, 3.63) is 34.9 Å². The lowest BCUT2D eigenvalue weighted by Gasteiger charge is -2.27. The summed E-state index contributed by atoms with van der Waals surface area (Å²) in [6.45, 7) is 5.42. The second-order valence-electron chi connectivity index (χ2n) is 7.99. The van der Waals surface area contributed by atoms with Gasteiger partial charge in [0.2, 0.25) is 11.8 Å². The molecule has 3 aliphatic heterocycles. The van der Waals surface area contributed by atoms with E-state index in [1.807, 2.05) is 6.07 Å². The minimum atomic E-state index is -0.932. The number of nitrogens with zero attached hydrogens (tertiary/aromatic N) is 2. The Hall–Kier alpha value is -2.58. The zero-order valence-electron chi connectivity index (χ0n) is 15.8. The molecular weight excluding hydrogens is 360 g/mol. The standard InChI is InChI=1S/C20H24N4O4/c1-11-8-23(10-13(11)7-21)9-12-2-3-14-15(6-12)20(28)24(19(14)27)16-4-5-17(25)22-18(16)26/h2-3,6,11,13,16H,4-5,7-10,21H2,1H3,(H,22,25,26)/t11-,13-,16?/m1/s1. The van der Waals surface area contributed by atoms with E-state index in [1.165, 1.54) is 0 Å². The van der Waals surface area contributed by atoms with Crippen molar-refractivity contribution in [3.8, 4) is 0 Å². The van der Waals surface area contributed by atoms with Gasteiger partial charge in [0.05, 0.1) is 11.1 Å². The third-order valence-electron chi connectivity index (χ3n) is 6.06. The quantitative estimate of drug-likeness (QED) is 0.713. The predicted octanol–water partition coefficient (Wildman–Crippen LogP) is 0.114. The molecule has 0 radical (unpaired) electrons. The molecule has 2 fully saturated rings. The van der Waals surface area contributed by atoms with E-state index < -0.39 is 23.8 Å². The van der Waals surface area contributed by atoms with Crippen LogP contribution in [-0.4, -0.2) is 59.1 Å². The second kappa shape index (κ2) is 7.10. The third kappa shape index (κ3) is 3.12. The van der Waals surface area contributed by atoms with Gasteiger partial charge in [-0.3, -0.25) is 34.3 Å². The monoisotopic (exact) mass is 384 g/mol. The van der Waals surface area contributed by atoms with E-state index in [0.717, 1.165) is 23.6 Å². The number of rotatable bonds is 4. The van der Waals surface area contributed by atoms with Crippen molar-refractivity contribution in [1.82, 2.24) is 15.1 Å². The van der Waals surface area contributed by atoms with Crippen LogP contribution < -0.4 is 11.1 Å². The van der Waals surface area contributed by atoms with Gasteiger partial charge in [-0.2, -0.15) is 0 Å². The molecule has 3 atom stereocenters. The van der Waals surface area contributed by atoms with Crippen LogP contribution in [0.15, 0.2) is 18.2 Å². The van der Waals surface area contributed by atoms with Crippen LogP contribution in [-0.2, 0) is 16.1 Å². The lowest BCUT2D eigenvalue weighted by Crippen LogP contribution is -2.54. The lowest BCUT2D eigenvalue weighted by molar-refractivity contribution is -0.136. The summed E-state index contributed by atoms with van der Waals surface area (Å²) >= 11 is 0. The van der Waals surface area contributed by atoms with Crippen molar-refractivity contribution in [1.29, 1.82) is 0 Å². The molecule has 3 N–H and O–H groups in total. The lowest BCUT2D eigenvalue weighted by atomic mass is 9.99. The Balaban J connectivity index is 1.53. The van der Waals surface area contributed by atoms with Gasteiger partial charge in [0, 0.05) is 26.1 Å². The zero-order chi connectivity index (χ0) is 20.0. The highest BCUT2D eigenvalue weighted by Crippen LogP contribution is 2.29. The summed E-state index contributed by atoms with van der Waals surface area (Å²) in [6, 6.07) is 4.34. The average molecular weight is 384 g/mol. The van der Waals surface area contributed by atoms with Crippen molar-refractivity contribution < 1.29 is 19.2 Å². The fraction of sp³-hybridized carbons (Fsp3) is 0.500. The largest absolute Gasteiger partial charge is 0.330 e. The number of carbonyl (C=O) groups is 4. The first-order valence-electron chi connectivity index (χ1n) is 9.66. The van der Waals surface area contributed by atoms with Crippen LogP contribution in [0.3, 0.4) is 0 Å². The average Bonchev–Trinajstić information content (AvgIpc) is 3.13. The minimum Gasteiger partial charge on any atom is -0.330 e. The van der Waals surface area contributed by atoms with E-state index in [1.54, 1.807) is 12.1 Å². The van der Waals surface area contributed by atoms with Crippen molar-refractivity contribution in [2.75, 3.05) is 19.6 Å². The summed E-state index contributed by atoms with van der Waals surface area (Å²) in [4.78, 5) is 52.4. The fourth-order valence-electron chi connectivity index (χ4n) is 4.45. The highest BCUT2D eigenvalue weighted by molar-refractivity contribution is 6.23. The van der Waals surface area contributed by atoms with Gasteiger partial charge in [-0.1, -0.05) is 13.0 Å². The van der Waals surface area contributed by atoms with Crippen molar-refractivity contribution in [2.24, 2.45) is 17.6 Å². The molecule has 8 nitrogen and oxygen atoms in total. The Kier molecular flexibility index (Phi) is 4.76. The van der Waals surface area contributed by atoms with E-state index in [2.05, 4.69) is 17.1 Å². The first kappa shape index (κ1) is 18.8. The van der Waals surface area contributed by atoms with Crippen LogP contribution in [0.1, 0.15) is 46.0 Å². The van der Waals surface area contributed by atoms with E-state index in [0.29, 0.717) is 36.1 Å². The van der Waals surface area contributed by atoms with E-state index in [4.69, 9.17) is 5.73 Å². The number of fused-ring (bicyclic) bond motifs is 1. The van der Waals surface area contributed by atoms with Crippen molar-refractivity contribution in [3.63, 3.8) is 0 Å². The molecular formula is C20H24N4O4. The second-order valence-corrected chi connectivity index (χ2v) is 7.99. The Bertz CT molecular complexity index is 868. The number of benzene rings is 1. The summed E-state index contributed by atoms with van der Waals surface area (Å²) in [7, 11) is 0. The van der Waals surface area contributed by atoms with Crippen LogP contribution in [0, 0.1) is 11.8 Å². The van der Waals surface area contributed by atoms with Gasteiger partial charge in [0.15, 0.2) is 0 Å². The van der Waals surface area contributed by atoms with E-state index in [9.17, 15) is 19.2 Å². The number of piperidine rings is 1. The highest BCUT2D eigenvalue weighted by atomic mass is 16.2. The number of hydrogen-bond acceptors (Lipinski definition) is 6. The number of amides is 4. The Labute approximate surface area is 163 Å². The molecule has 0 bridgehead atoms. The van der Waals surface area contributed by atoms with E-state index in [-0.39, 0.29) is 18.7 Å². The Morgan fingerprint density at radius 2 is 1.86 bits per heavy atom. The zero-order valence-corrected chi connectivity index (χ0v) is 15.8. The van der Waals surface area contributed by atoms with Gasteiger partial charge in [0.1, 0.15) is 6.04 Å². The molecule has 0 aliphatic carbocycles. The number of nitrogens with two attached hydrogens (primary N) is 1. The SMILES string of the molecule is C[C@@H]1CN(Cc2ccc3c(c2)C(=O)N(C2CCC(=O)NC2=O)C3=O)C[C@H]1CN. The molecule has 2 saturated heterocycles. The number of imide groups is 2. The normalized spacial score (nSPS) is 28.1. The molecule has 148 valence electrons. The maximum atomic E-state index is 12.9. The van der Waals surface area contributed by atoms with Crippen LogP contribution in [0.25, 0.3) is 0 Å². The molecule has 28 heavy (non-hydrogen) atoms. The van der Waals surface area contributed by atoms with Gasteiger partial charge < -0.3 is 5.73 Å². The van der Waals surface area contributed by atoms with Gasteiger partial charge in [-0.15, -0.1) is 0 Å². The van der Waals surface area contributed by atoms with Crippen molar-refractivity contribution in [2.45, 2.75) is 32.4 Å². The first-order chi connectivity index (χ1) is 13.4. The molecule has 0 aromatic heterocycles. The fourth-order valence-corrected chi connectivity index (χ4v) is 4.45. The molecule has 8 heteroatoms. The summed E-state index contributed by atoms with van der Waals surface area (Å²) in [5.41, 5.74) is 7.42. The summed E-state index contributed by atoms with van der Waals surface area (Å²) in [5, 5.41) is 2.21. The third-order valence-corrected chi connectivity index (χ3v) is 6.06. The molecule has 1 aromatic rings. The number of carbonyl (C=O) groups excluding carboxylic acids is 4.